The van der Waals surface area contributed by atoms with Gasteiger partial charge in [0.25, 0.3) is 0 Å². The van der Waals surface area contributed by atoms with Crippen molar-refractivity contribution in [2.75, 3.05) is 0 Å². The number of carbonyl (C=O) groups is 1. The van der Waals surface area contributed by atoms with E-state index in [1.807, 2.05) is 34.6 Å². The number of hydrogen-bond donors (Lipinski definition) is 0. The topological polar surface area (TPSA) is 26.3 Å². The minimum atomic E-state index is -0.140. The molecule has 0 saturated heterocycles. The predicted octanol–water partition coefficient (Wildman–Crippen LogP) is 3.63. The highest BCUT2D eigenvalue weighted by molar-refractivity contribution is 5.73. The molecule has 0 aliphatic carbocycles. The van der Waals surface area contributed by atoms with Crippen molar-refractivity contribution in [3.63, 3.8) is 0 Å². The van der Waals surface area contributed by atoms with Crippen molar-refractivity contribution in [1.29, 1.82) is 0 Å². The molecule has 0 aromatic heterocycles. The summed E-state index contributed by atoms with van der Waals surface area (Å²) in [7, 11) is 0. The molecule has 0 atom stereocenters. The average molecular weight is 220 g/mol. The molecule has 0 spiro atoms. The molecule has 0 aliphatic rings. The Morgan fingerprint density at radius 1 is 1.12 bits per heavy atom. The zero-order valence-electron chi connectivity index (χ0n) is 10.8. The third kappa shape index (κ3) is 2.63. The Bertz CT molecular complexity index is 379. The molecular weight excluding hydrogens is 200 g/mol. The molecule has 88 valence electrons. The van der Waals surface area contributed by atoms with Crippen LogP contribution in [-0.2, 0) is 4.79 Å². The van der Waals surface area contributed by atoms with Crippen LogP contribution in [0.1, 0.15) is 42.0 Å². The summed E-state index contributed by atoms with van der Waals surface area (Å²) in [5.41, 5.74) is 4.46. The number of ether oxygens (including phenoxy) is 1. The molecule has 1 rings (SSSR count). The third-order valence-electron chi connectivity index (χ3n) is 2.97. The first-order valence-corrected chi connectivity index (χ1v) is 5.75. The zero-order valence-corrected chi connectivity index (χ0v) is 10.8. The highest BCUT2D eigenvalue weighted by Gasteiger charge is 2.12. The summed E-state index contributed by atoms with van der Waals surface area (Å²) in [5.74, 6) is 0.606. The number of benzene rings is 1. The molecule has 1 aromatic rings. The smallest absolute Gasteiger partial charge is 0.311 e. The van der Waals surface area contributed by atoms with Gasteiger partial charge < -0.3 is 4.74 Å². The fraction of sp³-hybridized carbons (Fsp3) is 0.500. The Labute approximate surface area is 97.6 Å². The highest BCUT2D eigenvalue weighted by atomic mass is 16.5. The average Bonchev–Trinajstić information content (AvgIpc) is 2.22. The summed E-state index contributed by atoms with van der Waals surface area (Å²) < 4.78 is 5.44. The Balaban J connectivity index is 3.07. The van der Waals surface area contributed by atoms with E-state index in [2.05, 4.69) is 6.07 Å². The highest BCUT2D eigenvalue weighted by Crippen LogP contribution is 2.29. The van der Waals surface area contributed by atoms with E-state index >= 15 is 0 Å². The molecule has 1 aromatic carbocycles. The minimum absolute atomic E-state index is 0.140. The van der Waals surface area contributed by atoms with Crippen LogP contribution < -0.4 is 4.74 Å². The van der Waals surface area contributed by atoms with Gasteiger partial charge in [0.15, 0.2) is 0 Å². The fourth-order valence-electron chi connectivity index (χ4n) is 1.70. The molecule has 2 nitrogen and oxygen atoms in total. The van der Waals surface area contributed by atoms with Crippen molar-refractivity contribution in [3.8, 4) is 5.75 Å². The summed E-state index contributed by atoms with van der Waals surface area (Å²) in [5, 5.41) is 0. The van der Waals surface area contributed by atoms with Gasteiger partial charge in [0.05, 0.1) is 0 Å². The van der Waals surface area contributed by atoms with Gasteiger partial charge in [0.2, 0.25) is 0 Å². The first-order valence-electron chi connectivity index (χ1n) is 5.75. The van der Waals surface area contributed by atoms with E-state index in [9.17, 15) is 4.79 Å². The SMILES string of the molecule is CCCC(=O)Oc1c(C)c(C)cc(C)c1C. The Morgan fingerprint density at radius 2 is 1.62 bits per heavy atom. The molecule has 0 fully saturated rings. The maximum atomic E-state index is 11.5. The van der Waals surface area contributed by atoms with Crippen molar-refractivity contribution in [2.45, 2.75) is 47.5 Å². The lowest BCUT2D eigenvalue weighted by Crippen LogP contribution is -2.10. The molecule has 16 heavy (non-hydrogen) atoms. The van der Waals surface area contributed by atoms with Crippen LogP contribution in [0.5, 0.6) is 5.75 Å². The predicted molar refractivity (Wildman–Crippen MR) is 65.9 cm³/mol. The van der Waals surface area contributed by atoms with Crippen LogP contribution in [-0.4, -0.2) is 5.97 Å². The van der Waals surface area contributed by atoms with Crippen LogP contribution in [0.2, 0.25) is 0 Å². The normalized spacial score (nSPS) is 10.3. The largest absolute Gasteiger partial charge is 0.426 e. The Kier molecular flexibility index (Phi) is 4.11. The van der Waals surface area contributed by atoms with E-state index in [1.165, 1.54) is 11.1 Å². The Morgan fingerprint density at radius 3 is 2.06 bits per heavy atom. The lowest BCUT2D eigenvalue weighted by atomic mass is 10.0. The van der Waals surface area contributed by atoms with Crippen molar-refractivity contribution in [3.05, 3.63) is 28.3 Å². The molecule has 0 N–H and O–H groups in total. The maximum Gasteiger partial charge on any atom is 0.311 e. The number of carbonyl (C=O) groups excluding carboxylic acids is 1. The van der Waals surface area contributed by atoms with Crippen molar-refractivity contribution >= 4 is 5.97 Å². The van der Waals surface area contributed by atoms with Crippen LogP contribution in [0.3, 0.4) is 0 Å². The van der Waals surface area contributed by atoms with Crippen molar-refractivity contribution in [2.24, 2.45) is 0 Å². The van der Waals surface area contributed by atoms with Crippen LogP contribution >= 0.6 is 0 Å². The molecule has 0 aliphatic heterocycles. The quantitative estimate of drug-likeness (QED) is 0.574. The van der Waals surface area contributed by atoms with Crippen LogP contribution in [0, 0.1) is 27.7 Å². The summed E-state index contributed by atoms with van der Waals surface area (Å²) in [6.45, 7) is 10.0. The van der Waals surface area contributed by atoms with Crippen molar-refractivity contribution < 1.29 is 9.53 Å². The van der Waals surface area contributed by atoms with Gasteiger partial charge in [0.1, 0.15) is 5.75 Å². The molecule has 0 bridgehead atoms. The second-order valence-electron chi connectivity index (χ2n) is 4.31. The second kappa shape index (κ2) is 5.15. The van der Waals surface area contributed by atoms with Gasteiger partial charge in [-0.25, -0.2) is 0 Å². The van der Waals surface area contributed by atoms with Crippen LogP contribution in [0.25, 0.3) is 0 Å². The summed E-state index contributed by atoms with van der Waals surface area (Å²) >= 11 is 0. The fourth-order valence-corrected chi connectivity index (χ4v) is 1.70. The van der Waals surface area contributed by atoms with Crippen LogP contribution in [0.4, 0.5) is 0 Å². The van der Waals surface area contributed by atoms with Gasteiger partial charge in [0, 0.05) is 6.42 Å². The zero-order chi connectivity index (χ0) is 12.3. The minimum Gasteiger partial charge on any atom is -0.426 e. The van der Waals surface area contributed by atoms with E-state index in [4.69, 9.17) is 4.74 Å². The van der Waals surface area contributed by atoms with Gasteiger partial charge in [-0.05, 0) is 56.4 Å². The summed E-state index contributed by atoms with van der Waals surface area (Å²) in [4.78, 5) is 11.5. The van der Waals surface area contributed by atoms with E-state index < -0.39 is 0 Å². The van der Waals surface area contributed by atoms with E-state index in [-0.39, 0.29) is 5.97 Å². The first-order chi connectivity index (χ1) is 7.47. The standard InChI is InChI=1S/C14H20O2/c1-6-7-13(15)16-14-11(4)9(2)8-10(3)12(14)5/h8H,6-7H2,1-5H3. The maximum absolute atomic E-state index is 11.5. The Hall–Kier alpha value is -1.31. The monoisotopic (exact) mass is 220 g/mol. The van der Waals surface area contributed by atoms with E-state index in [0.29, 0.717) is 6.42 Å². The van der Waals surface area contributed by atoms with Gasteiger partial charge >= 0.3 is 5.97 Å². The molecule has 0 heterocycles. The number of aryl methyl sites for hydroxylation is 2. The summed E-state index contributed by atoms with van der Waals surface area (Å²) in [6.07, 6.45) is 1.30. The molecule has 2 heteroatoms. The van der Waals surface area contributed by atoms with Gasteiger partial charge in [-0.1, -0.05) is 13.0 Å². The van der Waals surface area contributed by atoms with Gasteiger partial charge in [-0.3, -0.25) is 4.79 Å². The number of esters is 1. The van der Waals surface area contributed by atoms with Gasteiger partial charge in [-0.15, -0.1) is 0 Å². The van der Waals surface area contributed by atoms with E-state index in [0.717, 1.165) is 23.3 Å². The number of hydrogen-bond acceptors (Lipinski definition) is 2. The summed E-state index contributed by atoms with van der Waals surface area (Å²) in [6, 6.07) is 2.13. The van der Waals surface area contributed by atoms with E-state index in [1.54, 1.807) is 0 Å². The number of rotatable bonds is 3. The molecular formula is C14H20O2. The second-order valence-corrected chi connectivity index (χ2v) is 4.31. The molecule has 0 radical (unpaired) electrons. The molecule has 0 saturated carbocycles. The lowest BCUT2D eigenvalue weighted by Gasteiger charge is -2.14. The third-order valence-corrected chi connectivity index (χ3v) is 2.97. The lowest BCUT2D eigenvalue weighted by molar-refractivity contribution is -0.134. The first kappa shape index (κ1) is 12.8. The molecule has 0 amide bonds. The molecule has 0 unspecified atom stereocenters. The van der Waals surface area contributed by atoms with Gasteiger partial charge in [-0.2, -0.15) is 0 Å². The van der Waals surface area contributed by atoms with Crippen molar-refractivity contribution in [1.82, 2.24) is 0 Å². The van der Waals surface area contributed by atoms with Crippen LogP contribution in [0.15, 0.2) is 6.07 Å².